The number of likely N-dealkylation sites (N-methyl/N-ethyl adjacent to an activating group) is 1. The van der Waals surface area contributed by atoms with Gasteiger partial charge in [-0.3, -0.25) is 4.79 Å². The first-order valence-electron chi connectivity index (χ1n) is 8.31. The number of halogens is 2. The largest absolute Gasteiger partial charge is 0.454 e. The van der Waals surface area contributed by atoms with E-state index in [1.807, 2.05) is 0 Å². The van der Waals surface area contributed by atoms with Gasteiger partial charge in [-0.15, -0.1) is 0 Å². The van der Waals surface area contributed by atoms with E-state index in [2.05, 4.69) is 4.74 Å². The first-order valence-corrected chi connectivity index (χ1v) is 8.31. The van der Waals surface area contributed by atoms with E-state index in [-0.39, 0.29) is 25.0 Å². The Kier molecular flexibility index (Phi) is 4.99. The second-order valence-electron chi connectivity index (χ2n) is 6.57. The molecule has 0 spiro atoms. The molecule has 1 aliphatic heterocycles. The number of ether oxygens (including phenoxy) is 3. The second-order valence-corrected chi connectivity index (χ2v) is 6.57. The number of hydrogen-bond acceptors (Lipinski definition) is 5. The molecule has 0 aromatic heterocycles. The monoisotopic (exact) mass is 356 g/mol. The lowest BCUT2D eigenvalue weighted by molar-refractivity contribution is -0.137. The molecule has 1 amide bonds. The molecule has 0 unspecified atom stereocenters. The quantitative estimate of drug-likeness (QED) is 0.878. The first kappa shape index (κ1) is 17.7. The van der Waals surface area contributed by atoms with Gasteiger partial charge in [0.2, 0.25) is 12.7 Å². The fourth-order valence-corrected chi connectivity index (χ4v) is 3.40. The lowest BCUT2D eigenvalue weighted by atomic mass is 9.81. The summed E-state index contributed by atoms with van der Waals surface area (Å²) in [7, 11) is 1.61. The van der Waals surface area contributed by atoms with Gasteiger partial charge in [-0.2, -0.15) is 8.78 Å². The molecule has 25 heavy (non-hydrogen) atoms. The van der Waals surface area contributed by atoms with Crippen LogP contribution in [0.15, 0.2) is 12.1 Å². The molecular weight excluding hydrogens is 334 g/mol. The maximum atomic E-state index is 12.7. The number of hydrogen-bond donors (Lipinski definition) is 1. The number of nitrogens with zero attached hydrogens (tertiary/aromatic N) is 1. The van der Waals surface area contributed by atoms with Crippen molar-refractivity contribution in [3.05, 3.63) is 17.7 Å². The maximum Gasteiger partial charge on any atom is 0.387 e. The van der Waals surface area contributed by atoms with E-state index in [9.17, 15) is 13.6 Å². The van der Waals surface area contributed by atoms with Crippen LogP contribution in [0, 0.1) is 0 Å². The fourth-order valence-electron chi connectivity index (χ4n) is 3.40. The van der Waals surface area contributed by atoms with Crippen molar-refractivity contribution in [2.24, 2.45) is 5.73 Å². The number of nitrogens with two attached hydrogens (primary N) is 1. The molecule has 2 aliphatic rings. The average molecular weight is 356 g/mol. The van der Waals surface area contributed by atoms with Crippen LogP contribution in [-0.2, 0) is 11.3 Å². The van der Waals surface area contributed by atoms with E-state index in [0.717, 1.165) is 19.3 Å². The van der Waals surface area contributed by atoms with E-state index in [1.165, 1.54) is 11.0 Å². The zero-order valence-electron chi connectivity index (χ0n) is 14.1. The summed E-state index contributed by atoms with van der Waals surface area (Å²) in [5.74, 6) is 0.565. The minimum absolute atomic E-state index is 0.0214. The summed E-state index contributed by atoms with van der Waals surface area (Å²) in [5, 5.41) is 0. The van der Waals surface area contributed by atoms with Crippen molar-refractivity contribution in [2.45, 2.75) is 50.8 Å². The summed E-state index contributed by atoms with van der Waals surface area (Å²) in [6, 6.07) is 2.93. The molecule has 6 nitrogen and oxygen atoms in total. The summed E-state index contributed by atoms with van der Waals surface area (Å²) in [6.07, 6.45) is 4.18. The number of benzene rings is 1. The molecule has 1 aromatic carbocycles. The van der Waals surface area contributed by atoms with Crippen molar-refractivity contribution in [1.82, 2.24) is 4.90 Å². The van der Waals surface area contributed by atoms with Crippen molar-refractivity contribution in [3.8, 4) is 17.2 Å². The summed E-state index contributed by atoms with van der Waals surface area (Å²) in [4.78, 5) is 14.2. The number of amides is 1. The van der Waals surface area contributed by atoms with E-state index in [4.69, 9.17) is 15.2 Å². The van der Waals surface area contributed by atoms with Crippen LogP contribution in [0.4, 0.5) is 8.78 Å². The molecule has 1 aromatic rings. The zero-order valence-corrected chi connectivity index (χ0v) is 14.1. The van der Waals surface area contributed by atoms with Gasteiger partial charge in [0.05, 0.1) is 5.54 Å². The molecule has 1 fully saturated rings. The lowest BCUT2D eigenvalue weighted by Gasteiger charge is -2.35. The smallest absolute Gasteiger partial charge is 0.387 e. The van der Waals surface area contributed by atoms with E-state index in [0.29, 0.717) is 29.9 Å². The molecule has 8 heteroatoms. The van der Waals surface area contributed by atoms with Gasteiger partial charge in [0, 0.05) is 25.2 Å². The molecule has 0 bridgehead atoms. The maximum absolute atomic E-state index is 12.7. The lowest BCUT2D eigenvalue weighted by Crippen LogP contribution is -2.55. The summed E-state index contributed by atoms with van der Waals surface area (Å²) >= 11 is 0. The topological polar surface area (TPSA) is 74.0 Å². The number of alkyl halides is 2. The van der Waals surface area contributed by atoms with Crippen molar-refractivity contribution in [2.75, 3.05) is 13.8 Å². The molecule has 1 aliphatic carbocycles. The molecule has 0 radical (unpaired) electrons. The Bertz CT molecular complexity index is 648. The normalized spacial score (nSPS) is 18.3. The summed E-state index contributed by atoms with van der Waals surface area (Å²) < 4.78 is 40.5. The van der Waals surface area contributed by atoms with Crippen LogP contribution in [0.25, 0.3) is 0 Å². The van der Waals surface area contributed by atoms with Gasteiger partial charge in [0.15, 0.2) is 11.5 Å². The molecule has 138 valence electrons. The van der Waals surface area contributed by atoms with Crippen LogP contribution in [0.2, 0.25) is 0 Å². The first-order chi connectivity index (χ1) is 11.9. The Morgan fingerprint density at radius 2 is 1.92 bits per heavy atom. The molecule has 1 saturated carbocycles. The highest BCUT2D eigenvalue weighted by molar-refractivity contribution is 5.86. The van der Waals surface area contributed by atoms with Gasteiger partial charge in [-0.25, -0.2) is 0 Å². The average Bonchev–Trinajstić information content (AvgIpc) is 3.01. The Hall–Kier alpha value is -2.09. The summed E-state index contributed by atoms with van der Waals surface area (Å²) in [5.41, 5.74) is 5.81. The third kappa shape index (κ3) is 3.78. The van der Waals surface area contributed by atoms with Crippen LogP contribution in [0.3, 0.4) is 0 Å². The predicted octanol–water partition coefficient (Wildman–Crippen LogP) is 2.64. The highest BCUT2D eigenvalue weighted by atomic mass is 19.3. The second kappa shape index (κ2) is 7.03. The number of carbonyl (C=O) groups is 1. The zero-order chi connectivity index (χ0) is 18.0. The Labute approximate surface area is 144 Å². The Balaban J connectivity index is 1.80. The van der Waals surface area contributed by atoms with Gasteiger partial charge in [-0.05, 0) is 18.9 Å². The molecule has 3 rings (SSSR count). The number of rotatable bonds is 5. The number of fused-ring (bicyclic) bond motifs is 1. The van der Waals surface area contributed by atoms with Crippen LogP contribution >= 0.6 is 0 Å². The third-order valence-corrected chi connectivity index (χ3v) is 4.70. The van der Waals surface area contributed by atoms with Gasteiger partial charge < -0.3 is 24.8 Å². The van der Waals surface area contributed by atoms with Gasteiger partial charge >= 0.3 is 6.61 Å². The minimum atomic E-state index is -2.97. The van der Waals surface area contributed by atoms with Gasteiger partial charge in [0.1, 0.15) is 5.75 Å². The summed E-state index contributed by atoms with van der Waals surface area (Å²) in [6.45, 7) is -2.86. The highest BCUT2D eigenvalue weighted by Gasteiger charge is 2.37. The van der Waals surface area contributed by atoms with E-state index in [1.54, 1.807) is 13.1 Å². The van der Waals surface area contributed by atoms with Crippen molar-refractivity contribution < 1.29 is 27.8 Å². The number of carbonyl (C=O) groups excluding carboxylic acids is 1. The Morgan fingerprint density at radius 3 is 2.56 bits per heavy atom. The van der Waals surface area contributed by atoms with E-state index < -0.39 is 12.2 Å². The van der Waals surface area contributed by atoms with Crippen molar-refractivity contribution in [3.63, 3.8) is 0 Å². The third-order valence-electron chi connectivity index (χ3n) is 4.70. The van der Waals surface area contributed by atoms with Gasteiger partial charge in [-0.1, -0.05) is 19.3 Å². The molecular formula is C17H22F2N2O4. The Morgan fingerprint density at radius 1 is 1.28 bits per heavy atom. The molecule has 0 saturated heterocycles. The molecule has 2 N–H and O–H groups in total. The minimum Gasteiger partial charge on any atom is -0.454 e. The fraction of sp³-hybridized carbons (Fsp3) is 0.588. The molecule has 0 atom stereocenters. The predicted molar refractivity (Wildman–Crippen MR) is 85.7 cm³/mol. The van der Waals surface area contributed by atoms with Crippen molar-refractivity contribution in [1.29, 1.82) is 0 Å². The van der Waals surface area contributed by atoms with Crippen LogP contribution in [-0.4, -0.2) is 36.8 Å². The highest BCUT2D eigenvalue weighted by Crippen LogP contribution is 2.39. The van der Waals surface area contributed by atoms with E-state index >= 15 is 0 Å². The van der Waals surface area contributed by atoms with Gasteiger partial charge in [0.25, 0.3) is 0 Å². The van der Waals surface area contributed by atoms with Crippen LogP contribution in [0.5, 0.6) is 17.2 Å². The molecule has 1 heterocycles. The van der Waals surface area contributed by atoms with Crippen LogP contribution < -0.4 is 19.9 Å². The van der Waals surface area contributed by atoms with Crippen molar-refractivity contribution >= 4 is 5.91 Å². The standard InChI is InChI=1S/C17H22F2N2O4/c1-21(15(22)17(20)5-3-2-4-6-17)9-11-7-13-14(24-10-23-13)8-12(11)25-16(18)19/h7-8,16H,2-6,9-10,20H2,1H3. The van der Waals surface area contributed by atoms with Crippen LogP contribution in [0.1, 0.15) is 37.7 Å². The SMILES string of the molecule is CN(Cc1cc2c(cc1OC(F)F)OCO2)C(=O)C1(N)CCCCC1.